The van der Waals surface area contributed by atoms with Crippen molar-refractivity contribution in [2.45, 2.75) is 36.2 Å². The van der Waals surface area contributed by atoms with Gasteiger partial charge in [-0.3, -0.25) is 5.32 Å². The van der Waals surface area contributed by atoms with Gasteiger partial charge in [-0.1, -0.05) is 24.3 Å². The van der Waals surface area contributed by atoms with Gasteiger partial charge in [0.25, 0.3) is 0 Å². The number of sulfonamides is 1. The lowest BCUT2D eigenvalue weighted by molar-refractivity contribution is 0.175. The molecule has 2 aromatic carbocycles. The monoisotopic (exact) mass is 429 g/mol. The van der Waals surface area contributed by atoms with E-state index < -0.39 is 16.1 Å². The molecule has 0 radical (unpaired) electrons. The largest absolute Gasteiger partial charge is 0.453 e. The van der Waals surface area contributed by atoms with Gasteiger partial charge in [0.1, 0.15) is 0 Å². The molecule has 2 atom stereocenters. The van der Waals surface area contributed by atoms with Gasteiger partial charge in [-0.05, 0) is 68.2 Å². The molecule has 30 heavy (non-hydrogen) atoms. The van der Waals surface area contributed by atoms with Crippen molar-refractivity contribution in [1.29, 1.82) is 0 Å². The molecule has 2 aromatic rings. The second kappa shape index (κ2) is 8.37. The Balaban J connectivity index is 1.69. The van der Waals surface area contributed by atoms with Gasteiger partial charge in [0, 0.05) is 18.3 Å². The first kappa shape index (κ1) is 20.8. The lowest BCUT2D eigenvalue weighted by Gasteiger charge is -2.41. The summed E-state index contributed by atoms with van der Waals surface area (Å²) in [6, 6.07) is 14.4. The topological polar surface area (TPSA) is 78.9 Å². The molecule has 1 amide bonds. The average Bonchev–Trinajstić information content (AvgIpc) is 3.18. The molecule has 8 heteroatoms. The summed E-state index contributed by atoms with van der Waals surface area (Å²) < 4.78 is 33.6. The van der Waals surface area contributed by atoms with Crippen LogP contribution in [0.1, 0.15) is 30.0 Å². The summed E-state index contributed by atoms with van der Waals surface area (Å²) in [6.07, 6.45) is 2.15. The Bertz CT molecular complexity index is 1020. The van der Waals surface area contributed by atoms with Gasteiger partial charge in [-0.25, -0.2) is 13.2 Å². The Kier molecular flexibility index (Phi) is 5.81. The minimum atomic E-state index is -3.70. The molecule has 0 aromatic heterocycles. The highest BCUT2D eigenvalue weighted by atomic mass is 32.2. The third-order valence-corrected chi connectivity index (χ3v) is 8.01. The zero-order valence-corrected chi connectivity index (χ0v) is 18.1. The van der Waals surface area contributed by atoms with Crippen LogP contribution in [0.2, 0.25) is 0 Å². The highest BCUT2D eigenvalue weighted by Crippen LogP contribution is 2.40. The maximum absolute atomic E-state index is 13.7. The van der Waals surface area contributed by atoms with E-state index in [-0.39, 0.29) is 17.0 Å². The number of hydrogen-bond acceptors (Lipinski definition) is 5. The molecular weight excluding hydrogens is 402 g/mol. The molecular formula is C22H27N3O4S. The zero-order chi connectivity index (χ0) is 21.3. The summed E-state index contributed by atoms with van der Waals surface area (Å²) in [5.41, 5.74) is 2.82. The van der Waals surface area contributed by atoms with Crippen molar-refractivity contribution in [2.75, 3.05) is 32.6 Å². The quantitative estimate of drug-likeness (QED) is 0.807. The third-order valence-electron chi connectivity index (χ3n) is 6.12. The van der Waals surface area contributed by atoms with Crippen molar-refractivity contribution in [2.24, 2.45) is 0 Å². The van der Waals surface area contributed by atoms with E-state index >= 15 is 0 Å². The van der Waals surface area contributed by atoms with Gasteiger partial charge in [0.05, 0.1) is 18.0 Å². The highest BCUT2D eigenvalue weighted by Gasteiger charge is 2.43. The van der Waals surface area contributed by atoms with E-state index in [1.807, 2.05) is 12.1 Å². The first-order valence-electron chi connectivity index (χ1n) is 10.2. The van der Waals surface area contributed by atoms with Crippen molar-refractivity contribution in [1.82, 2.24) is 9.21 Å². The lowest BCUT2D eigenvalue weighted by atomic mass is 9.89. The number of rotatable bonds is 4. The van der Waals surface area contributed by atoms with Crippen molar-refractivity contribution >= 4 is 21.8 Å². The number of likely N-dealkylation sites (tertiary alicyclic amines) is 1. The standard InChI is InChI=1S/C22H27N3O4S/c1-24-14-5-8-20(24)21-19-7-4-3-6-16(19)13-15-25(21)30(27,28)18-11-9-17(10-12-18)23-22(26)29-2/h3-4,6-7,9-12,20-21H,5,8,13-15H2,1-2H3,(H,23,26). The second-order valence-corrected chi connectivity index (χ2v) is 9.73. The molecule has 2 aliphatic heterocycles. The normalized spacial score (nSPS) is 22.5. The number of hydrogen-bond donors (Lipinski definition) is 1. The number of carbonyl (C=O) groups is 1. The molecule has 0 aliphatic carbocycles. The van der Waals surface area contributed by atoms with Crippen LogP contribution < -0.4 is 5.32 Å². The van der Waals surface area contributed by atoms with Crippen LogP contribution in [0.3, 0.4) is 0 Å². The molecule has 1 fully saturated rings. The van der Waals surface area contributed by atoms with Crippen molar-refractivity contribution in [3.05, 3.63) is 59.7 Å². The van der Waals surface area contributed by atoms with Crippen molar-refractivity contribution in [3.63, 3.8) is 0 Å². The third kappa shape index (κ3) is 3.82. The van der Waals surface area contributed by atoms with Crippen LogP contribution in [0.5, 0.6) is 0 Å². The number of nitrogens with one attached hydrogen (secondary N) is 1. The Morgan fingerprint density at radius 1 is 1.10 bits per heavy atom. The van der Waals surface area contributed by atoms with E-state index in [0.29, 0.717) is 18.7 Å². The Labute approximate surface area is 177 Å². The summed E-state index contributed by atoms with van der Waals surface area (Å²) in [7, 11) is -0.346. The fourth-order valence-electron chi connectivity index (χ4n) is 4.59. The number of methoxy groups -OCH3 is 1. The minimum absolute atomic E-state index is 0.154. The van der Waals surface area contributed by atoms with Crippen LogP contribution in [0.4, 0.5) is 10.5 Å². The van der Waals surface area contributed by atoms with Crippen LogP contribution in [0.25, 0.3) is 0 Å². The Morgan fingerprint density at radius 3 is 2.50 bits per heavy atom. The van der Waals surface area contributed by atoms with Gasteiger partial charge in [0.15, 0.2) is 0 Å². The molecule has 2 unspecified atom stereocenters. The number of ether oxygens (including phenoxy) is 1. The Hall–Kier alpha value is -2.42. The second-order valence-electron chi connectivity index (χ2n) is 7.84. The van der Waals surface area contributed by atoms with Crippen LogP contribution >= 0.6 is 0 Å². The van der Waals surface area contributed by atoms with Gasteiger partial charge < -0.3 is 9.64 Å². The number of benzene rings is 2. The van der Waals surface area contributed by atoms with Crippen LogP contribution in [-0.4, -0.2) is 57.0 Å². The number of fused-ring (bicyclic) bond motifs is 1. The summed E-state index contributed by atoms with van der Waals surface area (Å²) in [4.78, 5) is 13.9. The molecule has 1 N–H and O–H groups in total. The predicted molar refractivity (Wildman–Crippen MR) is 115 cm³/mol. The first-order valence-corrected chi connectivity index (χ1v) is 11.6. The molecule has 0 saturated carbocycles. The van der Waals surface area contributed by atoms with Gasteiger partial charge in [-0.15, -0.1) is 0 Å². The molecule has 2 heterocycles. The maximum atomic E-state index is 13.7. The zero-order valence-electron chi connectivity index (χ0n) is 17.2. The number of likely N-dealkylation sites (N-methyl/N-ethyl adjacent to an activating group) is 1. The van der Waals surface area contributed by atoms with E-state index in [0.717, 1.165) is 24.9 Å². The van der Waals surface area contributed by atoms with Gasteiger partial charge in [-0.2, -0.15) is 4.31 Å². The van der Waals surface area contributed by atoms with E-state index in [1.165, 1.54) is 24.8 Å². The van der Waals surface area contributed by atoms with E-state index in [9.17, 15) is 13.2 Å². The number of nitrogens with zero attached hydrogens (tertiary/aromatic N) is 2. The van der Waals surface area contributed by atoms with Crippen LogP contribution in [-0.2, 0) is 21.2 Å². The summed E-state index contributed by atoms with van der Waals surface area (Å²) >= 11 is 0. The Morgan fingerprint density at radius 2 is 1.83 bits per heavy atom. The van der Waals surface area contributed by atoms with Gasteiger partial charge in [0.2, 0.25) is 10.0 Å². The predicted octanol–water partition coefficient (Wildman–Crippen LogP) is 3.25. The fourth-order valence-corrected chi connectivity index (χ4v) is 6.23. The molecule has 160 valence electrons. The van der Waals surface area contributed by atoms with E-state index in [4.69, 9.17) is 0 Å². The summed E-state index contributed by atoms with van der Waals surface area (Å²) in [5, 5.41) is 2.55. The average molecular weight is 430 g/mol. The first-order chi connectivity index (χ1) is 14.4. The smallest absolute Gasteiger partial charge is 0.411 e. The number of amides is 1. The van der Waals surface area contributed by atoms with E-state index in [2.05, 4.69) is 34.1 Å². The number of carbonyl (C=O) groups excluding carboxylic acids is 1. The summed E-state index contributed by atoms with van der Waals surface area (Å²) in [5.74, 6) is 0. The van der Waals surface area contributed by atoms with Gasteiger partial charge >= 0.3 is 6.09 Å². The molecule has 2 aliphatic rings. The molecule has 7 nitrogen and oxygen atoms in total. The molecule has 0 bridgehead atoms. The highest BCUT2D eigenvalue weighted by molar-refractivity contribution is 7.89. The minimum Gasteiger partial charge on any atom is -0.453 e. The fraction of sp³-hybridized carbons (Fsp3) is 0.409. The summed E-state index contributed by atoms with van der Waals surface area (Å²) in [6.45, 7) is 1.43. The SMILES string of the molecule is COC(=O)Nc1ccc(S(=O)(=O)N2CCc3ccccc3C2C2CCCN2C)cc1. The maximum Gasteiger partial charge on any atom is 0.411 e. The molecule has 1 saturated heterocycles. The molecule has 4 rings (SSSR count). The van der Waals surface area contributed by atoms with E-state index in [1.54, 1.807) is 16.4 Å². The van der Waals surface area contributed by atoms with Crippen LogP contribution in [0, 0.1) is 0 Å². The number of anilines is 1. The molecule has 0 spiro atoms. The van der Waals surface area contributed by atoms with Crippen molar-refractivity contribution < 1.29 is 17.9 Å². The lowest BCUT2D eigenvalue weighted by Crippen LogP contribution is -2.48. The van der Waals surface area contributed by atoms with Crippen LogP contribution in [0.15, 0.2) is 53.4 Å². The van der Waals surface area contributed by atoms with Crippen molar-refractivity contribution in [3.8, 4) is 0 Å².